The molecule has 2 atom stereocenters. The number of nitrogens with zero attached hydrogens (tertiary/aromatic N) is 1. The van der Waals surface area contributed by atoms with Crippen LogP contribution < -0.4 is 10.6 Å². The molecule has 104 valence electrons. The van der Waals surface area contributed by atoms with E-state index in [1.165, 1.54) is 6.07 Å². The molecule has 0 aliphatic carbocycles. The third kappa shape index (κ3) is 3.06. The van der Waals surface area contributed by atoms with Crippen molar-refractivity contribution in [2.45, 2.75) is 26.1 Å². The van der Waals surface area contributed by atoms with Crippen LogP contribution in [-0.4, -0.2) is 31.2 Å². The van der Waals surface area contributed by atoms with Crippen LogP contribution in [0.1, 0.15) is 24.2 Å². The average molecular weight is 331 g/mol. The molecule has 2 unspecified atom stereocenters. The molecule has 4 nitrogen and oxygen atoms in total. The highest BCUT2D eigenvalue weighted by atomic mass is 79.9. The number of carbonyl (C=O) groups is 1. The smallest absolute Gasteiger partial charge is 0.253 e. The van der Waals surface area contributed by atoms with E-state index in [0.717, 1.165) is 0 Å². The Balaban J connectivity index is 2.45. The zero-order chi connectivity index (χ0) is 14.2. The highest BCUT2D eigenvalue weighted by molar-refractivity contribution is 9.10. The first kappa shape index (κ1) is 14.3. The largest absolute Gasteiger partial charge is 0.372 e. The highest BCUT2D eigenvalue weighted by Crippen LogP contribution is 2.30. The van der Waals surface area contributed by atoms with Crippen molar-refractivity contribution >= 4 is 27.5 Å². The van der Waals surface area contributed by atoms with E-state index in [2.05, 4.69) is 15.9 Å². The zero-order valence-corrected chi connectivity index (χ0v) is 12.4. The number of ether oxygens (including phenoxy) is 1. The minimum absolute atomic E-state index is 0.0199. The van der Waals surface area contributed by atoms with Crippen molar-refractivity contribution in [1.82, 2.24) is 0 Å². The van der Waals surface area contributed by atoms with E-state index in [4.69, 9.17) is 10.5 Å². The summed E-state index contributed by atoms with van der Waals surface area (Å²) in [7, 11) is 0. The van der Waals surface area contributed by atoms with Gasteiger partial charge in [0.1, 0.15) is 5.82 Å². The Kier molecular flexibility index (Phi) is 4.10. The molecule has 0 saturated carbocycles. The van der Waals surface area contributed by atoms with E-state index in [1.54, 1.807) is 6.07 Å². The Bertz CT molecular complexity index is 500. The standard InChI is InChI=1S/C13H16BrFN2O2/c1-7-5-17(6-8(2)19-7)11-4-9(14)3-10(15)12(11)13(16)18/h3-4,7-8H,5-6H2,1-2H3,(H2,16,18). The summed E-state index contributed by atoms with van der Waals surface area (Å²) in [6.07, 6.45) is 0.0399. The zero-order valence-electron chi connectivity index (χ0n) is 10.8. The van der Waals surface area contributed by atoms with Crippen molar-refractivity contribution in [2.24, 2.45) is 5.73 Å². The van der Waals surface area contributed by atoms with E-state index in [9.17, 15) is 9.18 Å². The second-order valence-corrected chi connectivity index (χ2v) is 5.72. The Morgan fingerprint density at radius 2 is 2.00 bits per heavy atom. The van der Waals surface area contributed by atoms with Crippen LogP contribution in [0.5, 0.6) is 0 Å². The van der Waals surface area contributed by atoms with Crippen molar-refractivity contribution in [1.29, 1.82) is 0 Å². The number of hydrogen-bond acceptors (Lipinski definition) is 3. The lowest BCUT2D eigenvalue weighted by Gasteiger charge is -2.37. The summed E-state index contributed by atoms with van der Waals surface area (Å²) in [5.41, 5.74) is 5.74. The van der Waals surface area contributed by atoms with Crippen molar-refractivity contribution in [3.05, 3.63) is 28.0 Å². The molecule has 0 aromatic heterocycles. The van der Waals surface area contributed by atoms with Crippen LogP contribution in [0.2, 0.25) is 0 Å². The molecular weight excluding hydrogens is 315 g/mol. The molecule has 0 bridgehead atoms. The summed E-state index contributed by atoms with van der Waals surface area (Å²) < 4.78 is 20.1. The summed E-state index contributed by atoms with van der Waals surface area (Å²) in [4.78, 5) is 13.4. The van der Waals surface area contributed by atoms with Crippen molar-refractivity contribution in [3.63, 3.8) is 0 Å². The second-order valence-electron chi connectivity index (χ2n) is 4.81. The molecule has 2 N–H and O–H groups in total. The Morgan fingerprint density at radius 1 is 1.42 bits per heavy atom. The number of hydrogen-bond donors (Lipinski definition) is 1. The summed E-state index contributed by atoms with van der Waals surface area (Å²) >= 11 is 3.24. The van der Waals surface area contributed by atoms with Gasteiger partial charge in [-0.2, -0.15) is 0 Å². The quantitative estimate of drug-likeness (QED) is 0.905. The van der Waals surface area contributed by atoms with Gasteiger partial charge in [-0.15, -0.1) is 0 Å². The monoisotopic (exact) mass is 330 g/mol. The van der Waals surface area contributed by atoms with E-state index in [-0.39, 0.29) is 17.8 Å². The van der Waals surface area contributed by atoms with Crippen LogP contribution in [0.3, 0.4) is 0 Å². The molecular formula is C13H16BrFN2O2. The minimum atomic E-state index is -0.758. The number of amides is 1. The maximum Gasteiger partial charge on any atom is 0.253 e. The number of rotatable bonds is 2. The van der Waals surface area contributed by atoms with Crippen LogP contribution in [0.25, 0.3) is 0 Å². The summed E-state index contributed by atoms with van der Waals surface area (Å²) in [5, 5.41) is 0. The van der Waals surface area contributed by atoms with E-state index >= 15 is 0 Å². The lowest BCUT2D eigenvalue weighted by Crippen LogP contribution is -2.46. The number of nitrogens with two attached hydrogens (primary N) is 1. The fraction of sp³-hybridized carbons (Fsp3) is 0.462. The SMILES string of the molecule is CC1CN(c2cc(Br)cc(F)c2C(N)=O)CC(C)O1. The van der Waals surface area contributed by atoms with Gasteiger partial charge in [0.15, 0.2) is 0 Å². The molecule has 1 saturated heterocycles. The predicted octanol–water partition coefficient (Wildman–Crippen LogP) is 2.30. The number of benzene rings is 1. The van der Waals surface area contributed by atoms with Crippen LogP contribution in [0.4, 0.5) is 10.1 Å². The number of halogens is 2. The third-order valence-corrected chi connectivity index (χ3v) is 3.50. The average Bonchev–Trinajstić information content (AvgIpc) is 2.25. The number of morpholine rings is 1. The van der Waals surface area contributed by atoms with Gasteiger partial charge < -0.3 is 15.4 Å². The second kappa shape index (κ2) is 5.46. The molecule has 0 radical (unpaired) electrons. The molecule has 0 spiro atoms. The number of anilines is 1. The molecule has 1 aliphatic heterocycles. The fourth-order valence-corrected chi connectivity index (χ4v) is 2.85. The van der Waals surface area contributed by atoms with Crippen LogP contribution >= 0.6 is 15.9 Å². The Morgan fingerprint density at radius 3 is 2.53 bits per heavy atom. The predicted molar refractivity (Wildman–Crippen MR) is 74.8 cm³/mol. The molecule has 1 fully saturated rings. The minimum Gasteiger partial charge on any atom is -0.372 e. The van der Waals surface area contributed by atoms with E-state index < -0.39 is 11.7 Å². The third-order valence-electron chi connectivity index (χ3n) is 3.04. The lowest BCUT2D eigenvalue weighted by molar-refractivity contribution is -0.00529. The Hall–Kier alpha value is -1.14. The van der Waals surface area contributed by atoms with E-state index in [0.29, 0.717) is 23.2 Å². The maximum absolute atomic E-state index is 13.9. The van der Waals surface area contributed by atoms with Crippen LogP contribution in [0.15, 0.2) is 16.6 Å². The van der Waals surface area contributed by atoms with Gasteiger partial charge in [0.05, 0.1) is 23.5 Å². The fourth-order valence-electron chi connectivity index (χ4n) is 2.43. The van der Waals surface area contributed by atoms with Crippen LogP contribution in [0, 0.1) is 5.82 Å². The molecule has 19 heavy (non-hydrogen) atoms. The molecule has 2 rings (SSSR count). The topological polar surface area (TPSA) is 55.6 Å². The molecule has 1 amide bonds. The van der Waals surface area contributed by atoms with Gasteiger partial charge in [0.25, 0.3) is 5.91 Å². The van der Waals surface area contributed by atoms with Crippen LogP contribution in [-0.2, 0) is 4.74 Å². The molecule has 1 heterocycles. The summed E-state index contributed by atoms with van der Waals surface area (Å²) in [6.45, 7) is 5.09. The van der Waals surface area contributed by atoms with Gasteiger partial charge in [0, 0.05) is 17.6 Å². The number of primary amides is 1. The normalized spacial score (nSPS) is 23.5. The molecule has 1 aromatic carbocycles. The summed E-state index contributed by atoms with van der Waals surface area (Å²) in [6, 6.07) is 2.96. The van der Waals surface area contributed by atoms with Crippen molar-refractivity contribution < 1.29 is 13.9 Å². The summed E-state index contributed by atoms with van der Waals surface area (Å²) in [5.74, 6) is -1.37. The Labute approximate surface area is 119 Å². The van der Waals surface area contributed by atoms with Crippen molar-refractivity contribution in [2.75, 3.05) is 18.0 Å². The van der Waals surface area contributed by atoms with Gasteiger partial charge in [-0.1, -0.05) is 15.9 Å². The van der Waals surface area contributed by atoms with Crippen molar-refractivity contribution in [3.8, 4) is 0 Å². The highest BCUT2D eigenvalue weighted by Gasteiger charge is 2.27. The molecule has 1 aromatic rings. The van der Waals surface area contributed by atoms with Gasteiger partial charge in [-0.05, 0) is 26.0 Å². The first-order chi connectivity index (χ1) is 8.88. The molecule has 1 aliphatic rings. The first-order valence-corrected chi connectivity index (χ1v) is 6.87. The first-order valence-electron chi connectivity index (χ1n) is 6.07. The maximum atomic E-state index is 13.9. The van der Waals surface area contributed by atoms with Gasteiger partial charge in [-0.25, -0.2) is 4.39 Å². The van der Waals surface area contributed by atoms with Gasteiger partial charge in [-0.3, -0.25) is 4.79 Å². The molecule has 6 heteroatoms. The van der Waals surface area contributed by atoms with E-state index in [1.807, 2.05) is 18.7 Å². The lowest BCUT2D eigenvalue weighted by atomic mass is 10.1. The van der Waals surface area contributed by atoms with Gasteiger partial charge >= 0.3 is 0 Å². The number of carbonyl (C=O) groups excluding carboxylic acids is 1. The van der Waals surface area contributed by atoms with Gasteiger partial charge in [0.2, 0.25) is 0 Å².